The van der Waals surface area contributed by atoms with Gasteiger partial charge in [-0.1, -0.05) is 48.5 Å². The summed E-state index contributed by atoms with van der Waals surface area (Å²) in [5, 5.41) is 11.8. The van der Waals surface area contributed by atoms with Gasteiger partial charge in [-0.2, -0.15) is 0 Å². The van der Waals surface area contributed by atoms with Gasteiger partial charge >= 0.3 is 12.1 Å². The molecule has 0 aliphatic carbocycles. The summed E-state index contributed by atoms with van der Waals surface area (Å²) >= 11 is 0. The molecular formula is C19H21NO6. The highest BCUT2D eigenvalue weighted by Crippen LogP contribution is 2.20. The maximum atomic E-state index is 11.9. The smallest absolute Gasteiger partial charge is 0.408 e. The zero-order valence-electron chi connectivity index (χ0n) is 14.4. The molecule has 0 bridgehead atoms. The molecule has 2 rings (SSSR count). The molecule has 7 nitrogen and oxygen atoms in total. The number of methoxy groups -OCH3 is 1. The topological polar surface area (TPSA) is 94.1 Å². The number of ether oxygens (including phenoxy) is 3. The second-order valence-corrected chi connectivity index (χ2v) is 5.46. The van der Waals surface area contributed by atoms with Crippen molar-refractivity contribution in [3.63, 3.8) is 0 Å². The molecule has 26 heavy (non-hydrogen) atoms. The third-order valence-electron chi connectivity index (χ3n) is 3.53. The minimum Gasteiger partial charge on any atom is -0.480 e. The van der Waals surface area contributed by atoms with Gasteiger partial charge in [0.1, 0.15) is 18.4 Å². The van der Waals surface area contributed by atoms with Crippen molar-refractivity contribution in [3.05, 3.63) is 65.7 Å². The summed E-state index contributed by atoms with van der Waals surface area (Å²) in [5.41, 5.74) is 1.45. The quantitative estimate of drug-likeness (QED) is 0.669. The highest BCUT2D eigenvalue weighted by Gasteiger charge is 2.22. The lowest BCUT2D eigenvalue weighted by atomic mass is 10.1. The van der Waals surface area contributed by atoms with Crippen molar-refractivity contribution in [3.8, 4) is 5.75 Å². The second kappa shape index (κ2) is 10.0. The van der Waals surface area contributed by atoms with Gasteiger partial charge < -0.3 is 24.6 Å². The molecule has 2 N–H and O–H groups in total. The maximum Gasteiger partial charge on any atom is 0.408 e. The molecular weight excluding hydrogens is 338 g/mol. The standard InChI is InChI=1S/C19H21NO6/c1-24-13-26-17-10-6-5-9-15(17)11-16(18(21)22)20-19(23)25-12-14-7-3-2-4-8-14/h2-10,16H,11-13H2,1H3,(H,20,23)(H,21,22). The first kappa shape index (κ1) is 19.3. The first-order chi connectivity index (χ1) is 12.6. The minimum absolute atomic E-state index is 0.0430. The Bertz CT molecular complexity index is 719. The molecule has 2 aromatic rings. The van der Waals surface area contributed by atoms with Crippen LogP contribution in [-0.4, -0.2) is 37.1 Å². The highest BCUT2D eigenvalue weighted by molar-refractivity contribution is 5.80. The summed E-state index contributed by atoms with van der Waals surface area (Å²) in [5.74, 6) is -0.664. The van der Waals surface area contributed by atoms with E-state index >= 15 is 0 Å². The second-order valence-electron chi connectivity index (χ2n) is 5.46. The summed E-state index contributed by atoms with van der Waals surface area (Å²) in [6.07, 6.45) is -0.744. The van der Waals surface area contributed by atoms with Gasteiger partial charge in [0.25, 0.3) is 0 Å². The number of alkyl carbamates (subject to hydrolysis) is 1. The van der Waals surface area contributed by atoms with E-state index in [1.165, 1.54) is 7.11 Å². The normalized spacial score (nSPS) is 11.4. The van der Waals surface area contributed by atoms with E-state index in [0.717, 1.165) is 5.56 Å². The average molecular weight is 359 g/mol. The summed E-state index contributed by atoms with van der Waals surface area (Å²) in [6.45, 7) is 0.105. The lowest BCUT2D eigenvalue weighted by Gasteiger charge is -2.17. The molecule has 1 atom stereocenters. The fourth-order valence-corrected chi connectivity index (χ4v) is 2.26. The van der Waals surface area contributed by atoms with Crippen LogP contribution < -0.4 is 10.1 Å². The molecule has 0 aliphatic heterocycles. The summed E-state index contributed by atoms with van der Waals surface area (Å²) < 4.78 is 15.4. The number of carboxylic acids is 1. The molecule has 0 fully saturated rings. The van der Waals surface area contributed by atoms with E-state index in [2.05, 4.69) is 5.32 Å². The van der Waals surface area contributed by atoms with Crippen LogP contribution in [0.15, 0.2) is 54.6 Å². The SMILES string of the molecule is COCOc1ccccc1CC(NC(=O)OCc1ccccc1)C(=O)O. The number of carbonyl (C=O) groups is 2. The Hall–Kier alpha value is -3.06. The third-order valence-corrected chi connectivity index (χ3v) is 3.53. The number of aliphatic carboxylic acids is 1. The number of carboxylic acid groups (broad SMARTS) is 1. The fourth-order valence-electron chi connectivity index (χ4n) is 2.26. The largest absolute Gasteiger partial charge is 0.480 e. The predicted molar refractivity (Wildman–Crippen MR) is 93.8 cm³/mol. The van der Waals surface area contributed by atoms with E-state index in [1.54, 1.807) is 24.3 Å². The number of hydrogen-bond donors (Lipinski definition) is 2. The van der Waals surface area contributed by atoms with Crippen LogP contribution in [0.25, 0.3) is 0 Å². The van der Waals surface area contributed by atoms with Crippen LogP contribution in [0.3, 0.4) is 0 Å². The van der Waals surface area contributed by atoms with Crippen molar-refractivity contribution in [2.45, 2.75) is 19.1 Å². The Morgan fingerprint density at radius 2 is 1.77 bits per heavy atom. The van der Waals surface area contributed by atoms with Gasteiger partial charge in [-0.3, -0.25) is 0 Å². The van der Waals surface area contributed by atoms with Crippen LogP contribution in [0, 0.1) is 0 Å². The molecule has 1 amide bonds. The molecule has 138 valence electrons. The Balaban J connectivity index is 1.96. The van der Waals surface area contributed by atoms with Crippen LogP contribution in [0.2, 0.25) is 0 Å². The van der Waals surface area contributed by atoms with E-state index in [0.29, 0.717) is 11.3 Å². The highest BCUT2D eigenvalue weighted by atomic mass is 16.7. The summed E-state index contributed by atoms with van der Waals surface area (Å²) in [4.78, 5) is 23.4. The molecule has 0 heterocycles. The van der Waals surface area contributed by atoms with Gasteiger partial charge in [0.15, 0.2) is 6.79 Å². The first-order valence-corrected chi connectivity index (χ1v) is 8.00. The van der Waals surface area contributed by atoms with Crippen LogP contribution in [0.5, 0.6) is 5.75 Å². The van der Waals surface area contributed by atoms with Gasteiger partial charge in [-0.25, -0.2) is 9.59 Å². The molecule has 0 radical (unpaired) electrons. The Kier molecular flexibility index (Phi) is 7.45. The van der Waals surface area contributed by atoms with Gasteiger partial charge in [0.05, 0.1) is 0 Å². The molecule has 7 heteroatoms. The molecule has 0 spiro atoms. The van der Waals surface area contributed by atoms with E-state index < -0.39 is 18.1 Å². The number of amides is 1. The van der Waals surface area contributed by atoms with E-state index in [1.807, 2.05) is 30.3 Å². The van der Waals surface area contributed by atoms with Gasteiger partial charge in [-0.15, -0.1) is 0 Å². The van der Waals surface area contributed by atoms with Crippen LogP contribution in [0.1, 0.15) is 11.1 Å². The molecule has 0 aliphatic rings. The number of hydrogen-bond acceptors (Lipinski definition) is 5. The number of nitrogens with one attached hydrogen (secondary N) is 1. The van der Waals surface area contributed by atoms with Crippen molar-refractivity contribution in [1.29, 1.82) is 0 Å². The molecule has 0 aromatic heterocycles. The monoisotopic (exact) mass is 359 g/mol. The molecule has 0 saturated carbocycles. The zero-order chi connectivity index (χ0) is 18.8. The van der Waals surface area contributed by atoms with Gasteiger partial charge in [0.2, 0.25) is 0 Å². The third kappa shape index (κ3) is 6.10. The van der Waals surface area contributed by atoms with Gasteiger partial charge in [-0.05, 0) is 17.2 Å². The summed E-state index contributed by atoms with van der Waals surface area (Å²) in [6, 6.07) is 15.0. The van der Waals surface area contributed by atoms with Crippen molar-refractivity contribution in [2.24, 2.45) is 0 Å². The first-order valence-electron chi connectivity index (χ1n) is 8.00. The number of para-hydroxylation sites is 1. The minimum atomic E-state index is -1.16. The van der Waals surface area contributed by atoms with Crippen LogP contribution >= 0.6 is 0 Å². The van der Waals surface area contributed by atoms with E-state index in [9.17, 15) is 14.7 Å². The number of rotatable bonds is 9. The summed E-state index contributed by atoms with van der Waals surface area (Å²) in [7, 11) is 1.49. The fraction of sp³-hybridized carbons (Fsp3) is 0.263. The van der Waals surface area contributed by atoms with Crippen molar-refractivity contribution in [1.82, 2.24) is 5.32 Å². The van der Waals surface area contributed by atoms with Gasteiger partial charge in [0, 0.05) is 13.5 Å². The Labute approximate surface area is 151 Å². The molecule has 0 saturated heterocycles. The zero-order valence-corrected chi connectivity index (χ0v) is 14.4. The Morgan fingerprint density at radius 1 is 1.08 bits per heavy atom. The predicted octanol–water partition coefficient (Wildman–Crippen LogP) is 2.59. The van der Waals surface area contributed by atoms with E-state index in [-0.39, 0.29) is 19.8 Å². The van der Waals surface area contributed by atoms with E-state index in [4.69, 9.17) is 14.2 Å². The van der Waals surface area contributed by atoms with Crippen LogP contribution in [0.4, 0.5) is 4.79 Å². The van der Waals surface area contributed by atoms with Crippen molar-refractivity contribution < 1.29 is 28.9 Å². The van der Waals surface area contributed by atoms with Crippen molar-refractivity contribution in [2.75, 3.05) is 13.9 Å². The lowest BCUT2D eigenvalue weighted by Crippen LogP contribution is -2.42. The number of benzene rings is 2. The molecule has 1 unspecified atom stereocenters. The average Bonchev–Trinajstić information content (AvgIpc) is 2.66. The Morgan fingerprint density at radius 3 is 2.46 bits per heavy atom. The maximum absolute atomic E-state index is 11.9. The van der Waals surface area contributed by atoms with Crippen LogP contribution in [-0.2, 0) is 27.3 Å². The molecule has 2 aromatic carbocycles. The van der Waals surface area contributed by atoms with Crippen molar-refractivity contribution >= 4 is 12.1 Å². The lowest BCUT2D eigenvalue weighted by molar-refractivity contribution is -0.139. The number of carbonyl (C=O) groups excluding carboxylic acids is 1.